The van der Waals surface area contributed by atoms with Crippen molar-refractivity contribution in [2.75, 3.05) is 5.32 Å². The van der Waals surface area contributed by atoms with Crippen LogP contribution in [0.1, 0.15) is 10.4 Å². The van der Waals surface area contributed by atoms with Gasteiger partial charge < -0.3 is 5.32 Å². The first-order valence-corrected chi connectivity index (χ1v) is 6.81. The van der Waals surface area contributed by atoms with Crippen molar-refractivity contribution >= 4 is 50.2 Å². The smallest absolute Gasteiger partial charge is 0.259 e. The molecule has 0 saturated heterocycles. The summed E-state index contributed by atoms with van der Waals surface area (Å²) in [5.41, 5.74) is -0.0234. The fourth-order valence-corrected chi connectivity index (χ4v) is 1.99. The number of halogens is 3. The minimum absolute atomic E-state index is 0.0234. The summed E-state index contributed by atoms with van der Waals surface area (Å²) in [6.45, 7) is 0. The van der Waals surface area contributed by atoms with Crippen LogP contribution in [0.5, 0.6) is 0 Å². The number of rotatable bonds is 2. The largest absolute Gasteiger partial charge is 0.306 e. The lowest BCUT2D eigenvalue weighted by atomic mass is 10.2. The molecule has 0 atom stereocenters. The molecule has 18 heavy (non-hydrogen) atoms. The van der Waals surface area contributed by atoms with Crippen LogP contribution in [-0.4, -0.2) is 10.9 Å². The number of nitrogens with zero attached hydrogens (tertiary/aromatic N) is 1. The van der Waals surface area contributed by atoms with Gasteiger partial charge in [0.2, 0.25) is 0 Å². The second kappa shape index (κ2) is 5.75. The van der Waals surface area contributed by atoms with Gasteiger partial charge in [-0.2, -0.15) is 0 Å². The highest BCUT2D eigenvalue weighted by Gasteiger charge is 2.12. The molecule has 0 spiro atoms. The Kier molecular flexibility index (Phi) is 4.28. The monoisotopic (exact) mass is 420 g/mol. The molecule has 2 aromatic rings. The van der Waals surface area contributed by atoms with Crippen LogP contribution in [-0.2, 0) is 0 Å². The molecule has 0 saturated carbocycles. The number of amides is 1. The number of carbonyl (C=O) groups is 1. The summed E-state index contributed by atoms with van der Waals surface area (Å²) >= 11 is 5.31. The SMILES string of the molecule is O=C(Nc1ccc(I)cn1)c1cc(Br)ccc1F. The molecule has 1 aromatic heterocycles. The summed E-state index contributed by atoms with van der Waals surface area (Å²) in [6.07, 6.45) is 1.62. The zero-order valence-corrected chi connectivity index (χ0v) is 12.7. The van der Waals surface area contributed by atoms with Gasteiger partial charge in [0.05, 0.1) is 5.56 Å². The first kappa shape index (κ1) is 13.4. The number of pyridine rings is 1. The second-order valence-corrected chi connectivity index (χ2v) is 5.60. The predicted octanol–water partition coefficient (Wildman–Crippen LogP) is 3.84. The molecule has 0 bridgehead atoms. The maximum Gasteiger partial charge on any atom is 0.259 e. The van der Waals surface area contributed by atoms with Gasteiger partial charge in [-0.3, -0.25) is 4.79 Å². The number of aromatic nitrogens is 1. The van der Waals surface area contributed by atoms with E-state index in [1.807, 2.05) is 0 Å². The summed E-state index contributed by atoms with van der Waals surface area (Å²) in [7, 11) is 0. The molecule has 6 heteroatoms. The Morgan fingerprint density at radius 1 is 1.33 bits per heavy atom. The highest BCUT2D eigenvalue weighted by Crippen LogP contribution is 2.17. The van der Waals surface area contributed by atoms with Gasteiger partial charge in [0.1, 0.15) is 11.6 Å². The van der Waals surface area contributed by atoms with Crippen LogP contribution in [0.15, 0.2) is 41.0 Å². The molecule has 0 unspecified atom stereocenters. The summed E-state index contributed by atoms with van der Waals surface area (Å²) in [5, 5.41) is 2.54. The fraction of sp³-hybridized carbons (Fsp3) is 0. The van der Waals surface area contributed by atoms with Gasteiger partial charge in [0, 0.05) is 14.2 Å². The Bertz CT molecular complexity index is 589. The number of benzene rings is 1. The highest BCUT2D eigenvalue weighted by atomic mass is 127. The predicted molar refractivity (Wildman–Crippen MR) is 79.0 cm³/mol. The van der Waals surface area contributed by atoms with E-state index in [4.69, 9.17) is 0 Å². The molecular formula is C12H7BrFIN2O. The fourth-order valence-electron chi connectivity index (χ4n) is 1.30. The summed E-state index contributed by atoms with van der Waals surface area (Å²) in [5.74, 6) is -0.705. The van der Waals surface area contributed by atoms with Crippen LogP contribution < -0.4 is 5.32 Å². The molecule has 0 fully saturated rings. The topological polar surface area (TPSA) is 42.0 Å². The molecule has 2 rings (SSSR count). The van der Waals surface area contributed by atoms with E-state index < -0.39 is 11.7 Å². The van der Waals surface area contributed by atoms with E-state index in [-0.39, 0.29) is 5.56 Å². The van der Waals surface area contributed by atoms with Crippen molar-refractivity contribution in [3.63, 3.8) is 0 Å². The normalized spacial score (nSPS) is 10.2. The lowest BCUT2D eigenvalue weighted by molar-refractivity contribution is 0.102. The van der Waals surface area contributed by atoms with E-state index in [0.29, 0.717) is 10.3 Å². The van der Waals surface area contributed by atoms with Gasteiger partial charge >= 0.3 is 0 Å². The van der Waals surface area contributed by atoms with Gasteiger partial charge in [-0.25, -0.2) is 9.37 Å². The van der Waals surface area contributed by atoms with Crippen LogP contribution in [0, 0.1) is 9.39 Å². The number of nitrogens with one attached hydrogen (secondary N) is 1. The third-order valence-electron chi connectivity index (χ3n) is 2.14. The lowest BCUT2D eigenvalue weighted by Gasteiger charge is -2.05. The molecular weight excluding hydrogens is 414 g/mol. The van der Waals surface area contributed by atoms with Crippen LogP contribution in [0.2, 0.25) is 0 Å². The lowest BCUT2D eigenvalue weighted by Crippen LogP contribution is -2.14. The van der Waals surface area contributed by atoms with Crippen molar-refractivity contribution in [2.45, 2.75) is 0 Å². The zero-order chi connectivity index (χ0) is 13.1. The van der Waals surface area contributed by atoms with Gasteiger partial charge in [-0.15, -0.1) is 0 Å². The molecule has 1 heterocycles. The number of hydrogen-bond acceptors (Lipinski definition) is 2. The molecule has 0 radical (unpaired) electrons. The van der Waals surface area contributed by atoms with Crippen molar-refractivity contribution in [1.82, 2.24) is 4.98 Å². The third-order valence-corrected chi connectivity index (χ3v) is 3.27. The van der Waals surface area contributed by atoms with Crippen molar-refractivity contribution < 1.29 is 9.18 Å². The number of hydrogen-bond donors (Lipinski definition) is 1. The number of anilines is 1. The van der Waals surface area contributed by atoms with Crippen molar-refractivity contribution in [1.29, 1.82) is 0 Å². The minimum atomic E-state index is -0.568. The zero-order valence-electron chi connectivity index (χ0n) is 8.95. The van der Waals surface area contributed by atoms with E-state index in [1.54, 1.807) is 18.3 Å². The standard InChI is InChI=1S/C12H7BrFIN2O/c13-7-1-3-10(14)9(5-7)12(18)17-11-4-2-8(15)6-16-11/h1-6H,(H,16,17,18). The van der Waals surface area contributed by atoms with Crippen LogP contribution in [0.3, 0.4) is 0 Å². The van der Waals surface area contributed by atoms with Crippen LogP contribution in [0.4, 0.5) is 10.2 Å². The number of carbonyl (C=O) groups excluding carboxylic acids is 1. The average molecular weight is 421 g/mol. The second-order valence-electron chi connectivity index (χ2n) is 3.44. The van der Waals surface area contributed by atoms with E-state index in [2.05, 4.69) is 48.8 Å². The Balaban J connectivity index is 2.21. The minimum Gasteiger partial charge on any atom is -0.306 e. The average Bonchev–Trinajstić information content (AvgIpc) is 2.35. The van der Waals surface area contributed by atoms with E-state index >= 15 is 0 Å². The maximum absolute atomic E-state index is 13.5. The van der Waals surface area contributed by atoms with Crippen molar-refractivity contribution in [2.24, 2.45) is 0 Å². The molecule has 0 aliphatic carbocycles. The molecule has 0 aliphatic heterocycles. The molecule has 1 amide bonds. The molecule has 1 aromatic carbocycles. The van der Waals surface area contributed by atoms with Crippen LogP contribution in [0.25, 0.3) is 0 Å². The molecule has 1 N–H and O–H groups in total. The quantitative estimate of drug-likeness (QED) is 0.750. The maximum atomic E-state index is 13.5. The molecule has 3 nitrogen and oxygen atoms in total. The first-order valence-electron chi connectivity index (χ1n) is 4.94. The van der Waals surface area contributed by atoms with E-state index in [9.17, 15) is 9.18 Å². The van der Waals surface area contributed by atoms with Gasteiger partial charge in [0.15, 0.2) is 0 Å². The summed E-state index contributed by atoms with van der Waals surface area (Å²) in [4.78, 5) is 15.9. The van der Waals surface area contributed by atoms with E-state index in [0.717, 1.165) is 3.57 Å². The van der Waals surface area contributed by atoms with Gasteiger partial charge in [0.25, 0.3) is 5.91 Å². The summed E-state index contributed by atoms with van der Waals surface area (Å²) < 4.78 is 15.1. The van der Waals surface area contributed by atoms with Gasteiger partial charge in [-0.1, -0.05) is 15.9 Å². The Morgan fingerprint density at radius 3 is 2.78 bits per heavy atom. The Hall–Kier alpha value is -1.02. The van der Waals surface area contributed by atoms with E-state index in [1.165, 1.54) is 18.2 Å². The van der Waals surface area contributed by atoms with Crippen molar-refractivity contribution in [3.05, 3.63) is 56.0 Å². The first-order chi connectivity index (χ1) is 8.56. The highest BCUT2D eigenvalue weighted by molar-refractivity contribution is 14.1. The van der Waals surface area contributed by atoms with Crippen molar-refractivity contribution in [3.8, 4) is 0 Å². The Labute approximate surface area is 125 Å². The third kappa shape index (κ3) is 3.26. The molecule has 92 valence electrons. The van der Waals surface area contributed by atoms with Gasteiger partial charge in [-0.05, 0) is 52.9 Å². The Morgan fingerprint density at radius 2 is 2.11 bits per heavy atom. The molecule has 0 aliphatic rings. The summed E-state index contributed by atoms with van der Waals surface area (Å²) in [6, 6.07) is 7.67. The van der Waals surface area contributed by atoms with Crippen LogP contribution >= 0.6 is 38.5 Å².